The van der Waals surface area contributed by atoms with E-state index in [4.69, 9.17) is 0 Å². The van der Waals surface area contributed by atoms with Gasteiger partial charge < -0.3 is 10.2 Å². The fourth-order valence-electron chi connectivity index (χ4n) is 7.21. The summed E-state index contributed by atoms with van der Waals surface area (Å²) in [6.07, 6.45) is 9.01. The molecule has 4 aliphatic rings. The Morgan fingerprint density at radius 1 is 0.955 bits per heavy atom. The van der Waals surface area contributed by atoms with Gasteiger partial charge in [-0.25, -0.2) is 0 Å². The van der Waals surface area contributed by atoms with Gasteiger partial charge in [-0.05, 0) is 79.4 Å². The second kappa shape index (κ2) is 5.20. The van der Waals surface area contributed by atoms with Gasteiger partial charge in [0.25, 0.3) is 0 Å². The smallest absolute Gasteiger partial charge is 0.0577 e. The van der Waals surface area contributed by atoms with E-state index in [1.807, 2.05) is 0 Å². The topological polar surface area (TPSA) is 40.5 Å². The number of hydrogen-bond donors (Lipinski definition) is 2. The van der Waals surface area contributed by atoms with Crippen molar-refractivity contribution in [3.8, 4) is 0 Å². The average Bonchev–Trinajstić information content (AvgIpc) is 2.83. The van der Waals surface area contributed by atoms with Gasteiger partial charge in [-0.1, -0.05) is 36.2 Å². The lowest BCUT2D eigenvalue weighted by Crippen LogP contribution is -2.61. The lowest BCUT2D eigenvalue weighted by molar-refractivity contribution is -0.164. The van der Waals surface area contributed by atoms with Crippen molar-refractivity contribution >= 4 is 15.9 Å². The first-order chi connectivity index (χ1) is 10.4. The van der Waals surface area contributed by atoms with Gasteiger partial charge in [0.2, 0.25) is 0 Å². The summed E-state index contributed by atoms with van der Waals surface area (Å²) < 4.78 is 0. The standard InChI is InChI=1S/C19H31BrO2/c1-18-6-3-4-13(18)17-14(5-7-18)19(2)11(9-15(17)22)8-12(21)10-16(19)20/h11-17,21-22H,3-10H2,1-2H3/t11-,12-,13+,14+,15+,16?,17+,18+,19+/m1/s1. The molecule has 2 N–H and O–H groups in total. The molecule has 0 saturated heterocycles. The highest BCUT2D eigenvalue weighted by molar-refractivity contribution is 9.09. The van der Waals surface area contributed by atoms with Crippen LogP contribution in [0.3, 0.4) is 0 Å². The molecule has 0 radical (unpaired) electrons. The summed E-state index contributed by atoms with van der Waals surface area (Å²) in [7, 11) is 0. The van der Waals surface area contributed by atoms with Crippen LogP contribution in [0.5, 0.6) is 0 Å². The first-order valence-corrected chi connectivity index (χ1v) is 10.3. The minimum Gasteiger partial charge on any atom is -0.393 e. The highest BCUT2D eigenvalue weighted by Crippen LogP contribution is 2.67. The minimum atomic E-state index is -0.188. The third kappa shape index (κ3) is 2.04. The van der Waals surface area contributed by atoms with Gasteiger partial charge in [-0.15, -0.1) is 0 Å². The molecule has 0 aliphatic heterocycles. The molecule has 9 atom stereocenters. The highest BCUT2D eigenvalue weighted by Gasteiger charge is 2.62. The van der Waals surface area contributed by atoms with Crippen LogP contribution in [0.2, 0.25) is 0 Å². The van der Waals surface area contributed by atoms with Crippen LogP contribution in [0.1, 0.15) is 65.2 Å². The van der Waals surface area contributed by atoms with Crippen molar-refractivity contribution in [1.82, 2.24) is 0 Å². The zero-order valence-electron chi connectivity index (χ0n) is 14.0. The predicted molar refractivity (Wildman–Crippen MR) is 91.8 cm³/mol. The first kappa shape index (κ1) is 15.9. The lowest BCUT2D eigenvalue weighted by Gasteiger charge is -2.63. The minimum absolute atomic E-state index is 0.143. The molecule has 0 heterocycles. The molecule has 4 aliphatic carbocycles. The van der Waals surface area contributed by atoms with E-state index in [0.29, 0.717) is 28.0 Å². The molecule has 4 fully saturated rings. The van der Waals surface area contributed by atoms with Crippen LogP contribution < -0.4 is 0 Å². The Bertz CT molecular complexity index is 455. The van der Waals surface area contributed by atoms with Crippen molar-refractivity contribution in [2.45, 2.75) is 82.2 Å². The summed E-state index contributed by atoms with van der Waals surface area (Å²) in [5.74, 6) is 2.33. The van der Waals surface area contributed by atoms with Crippen molar-refractivity contribution in [2.75, 3.05) is 0 Å². The molecule has 0 aromatic heterocycles. The number of aliphatic hydroxyl groups is 2. The number of alkyl halides is 1. The maximum absolute atomic E-state index is 11.0. The van der Waals surface area contributed by atoms with E-state index in [1.54, 1.807) is 0 Å². The van der Waals surface area contributed by atoms with Gasteiger partial charge in [0.15, 0.2) is 0 Å². The maximum Gasteiger partial charge on any atom is 0.0577 e. The van der Waals surface area contributed by atoms with E-state index in [1.165, 1.54) is 32.1 Å². The molecule has 2 nitrogen and oxygen atoms in total. The predicted octanol–water partition coefficient (Wildman–Crippen LogP) is 4.12. The monoisotopic (exact) mass is 370 g/mol. The Morgan fingerprint density at radius 3 is 2.50 bits per heavy atom. The van der Waals surface area contributed by atoms with Crippen LogP contribution in [-0.4, -0.2) is 27.2 Å². The van der Waals surface area contributed by atoms with Gasteiger partial charge in [0, 0.05) is 4.83 Å². The Morgan fingerprint density at radius 2 is 1.73 bits per heavy atom. The van der Waals surface area contributed by atoms with E-state index < -0.39 is 0 Å². The normalized spacial score (nSPS) is 61.2. The summed E-state index contributed by atoms with van der Waals surface area (Å²) in [6, 6.07) is 0. The molecule has 1 unspecified atom stereocenters. The Balaban J connectivity index is 1.70. The van der Waals surface area contributed by atoms with Gasteiger partial charge in [0.1, 0.15) is 0 Å². The van der Waals surface area contributed by atoms with Crippen LogP contribution in [0, 0.1) is 34.5 Å². The number of rotatable bonds is 0. The van der Waals surface area contributed by atoms with Crippen LogP contribution in [0.15, 0.2) is 0 Å². The van der Waals surface area contributed by atoms with Crippen molar-refractivity contribution in [3.63, 3.8) is 0 Å². The summed E-state index contributed by atoms with van der Waals surface area (Å²) in [6.45, 7) is 4.95. The number of aliphatic hydroxyl groups excluding tert-OH is 2. The fraction of sp³-hybridized carbons (Fsp3) is 1.00. The van der Waals surface area contributed by atoms with Crippen molar-refractivity contribution in [1.29, 1.82) is 0 Å². The largest absolute Gasteiger partial charge is 0.393 e. The van der Waals surface area contributed by atoms with Gasteiger partial charge in [0.05, 0.1) is 12.2 Å². The second-order valence-electron chi connectivity index (χ2n) is 9.33. The molecule has 4 saturated carbocycles. The molecule has 126 valence electrons. The quantitative estimate of drug-likeness (QED) is 0.629. The van der Waals surface area contributed by atoms with Crippen LogP contribution >= 0.6 is 15.9 Å². The summed E-state index contributed by atoms with van der Waals surface area (Å²) in [4.78, 5) is 0.402. The molecular weight excluding hydrogens is 340 g/mol. The molecular formula is C19H31BrO2. The number of halogens is 1. The van der Waals surface area contributed by atoms with E-state index in [9.17, 15) is 10.2 Å². The van der Waals surface area contributed by atoms with E-state index >= 15 is 0 Å². The Labute approximate surface area is 143 Å². The summed E-state index contributed by atoms with van der Waals surface area (Å²) in [5, 5.41) is 21.2. The maximum atomic E-state index is 11.0. The van der Waals surface area contributed by atoms with Crippen molar-refractivity contribution < 1.29 is 10.2 Å². The summed E-state index contributed by atoms with van der Waals surface area (Å²) in [5.41, 5.74) is 0.744. The molecule has 0 aromatic rings. The van der Waals surface area contributed by atoms with Gasteiger partial charge in [-0.3, -0.25) is 0 Å². The van der Waals surface area contributed by atoms with Crippen LogP contribution in [0.4, 0.5) is 0 Å². The zero-order chi connectivity index (χ0) is 15.7. The summed E-state index contributed by atoms with van der Waals surface area (Å²) >= 11 is 3.95. The molecule has 0 bridgehead atoms. The molecule has 3 heteroatoms. The lowest BCUT2D eigenvalue weighted by atomic mass is 9.44. The molecule has 0 spiro atoms. The number of fused-ring (bicyclic) bond motifs is 5. The van der Waals surface area contributed by atoms with Crippen LogP contribution in [-0.2, 0) is 0 Å². The second-order valence-corrected chi connectivity index (χ2v) is 10.4. The van der Waals surface area contributed by atoms with E-state index in [0.717, 1.165) is 25.2 Å². The molecule has 0 amide bonds. The first-order valence-electron chi connectivity index (χ1n) is 9.36. The Hall–Kier alpha value is 0.400. The fourth-order valence-corrected chi connectivity index (χ4v) is 8.35. The van der Waals surface area contributed by atoms with Crippen molar-refractivity contribution in [2.24, 2.45) is 34.5 Å². The van der Waals surface area contributed by atoms with Gasteiger partial charge >= 0.3 is 0 Å². The third-order valence-electron chi connectivity index (χ3n) is 8.47. The molecule has 4 rings (SSSR count). The van der Waals surface area contributed by atoms with Crippen molar-refractivity contribution in [3.05, 3.63) is 0 Å². The average molecular weight is 371 g/mol. The molecule has 22 heavy (non-hydrogen) atoms. The highest BCUT2D eigenvalue weighted by atomic mass is 79.9. The Kier molecular flexibility index (Phi) is 3.76. The molecule has 0 aromatic carbocycles. The SMILES string of the molecule is C[C@@]12CCC[C@H]1[C@@H]1[C@@H](O)C[C@H]3C[C@@H](O)CC(Br)[C@]3(C)[C@H]1CC2. The third-order valence-corrected chi connectivity index (χ3v) is 9.83. The van der Waals surface area contributed by atoms with Crippen LogP contribution in [0.25, 0.3) is 0 Å². The van der Waals surface area contributed by atoms with E-state index in [-0.39, 0.29) is 17.6 Å². The number of hydrogen-bond acceptors (Lipinski definition) is 2. The van der Waals surface area contributed by atoms with E-state index in [2.05, 4.69) is 29.8 Å². The zero-order valence-corrected chi connectivity index (χ0v) is 15.6. The van der Waals surface area contributed by atoms with Gasteiger partial charge in [-0.2, -0.15) is 0 Å².